The first kappa shape index (κ1) is 26.5. The SMILES string of the molecule is [Ca+2].[Ca+2].[Ca+2].[O-]c1nc([O-])nc([O-])n1.[O-]c1nc([O-])nc([O-])n1. The molecule has 0 atom stereocenters. The van der Waals surface area contributed by atoms with Crippen molar-refractivity contribution in [1.29, 1.82) is 0 Å². The van der Waals surface area contributed by atoms with Crippen molar-refractivity contribution >= 4 is 113 Å². The van der Waals surface area contributed by atoms with Crippen LogP contribution in [-0.4, -0.2) is 143 Å². The van der Waals surface area contributed by atoms with Crippen LogP contribution in [0.25, 0.3) is 0 Å². The minimum Gasteiger partial charge on any atom is -0.844 e. The molecule has 2 heterocycles. The monoisotopic (exact) mass is 372 g/mol. The largest absolute Gasteiger partial charge is 2.00 e. The van der Waals surface area contributed by atoms with Crippen molar-refractivity contribution in [1.82, 2.24) is 29.9 Å². The summed E-state index contributed by atoms with van der Waals surface area (Å²) in [6.07, 6.45) is 0. The normalized spacial score (nSPS) is 8.00. The Morgan fingerprint density at radius 3 is 0.524 bits per heavy atom. The van der Waals surface area contributed by atoms with E-state index in [1.54, 1.807) is 0 Å². The molecule has 0 amide bonds. The predicted octanol–water partition coefficient (Wildman–Crippen LogP) is -6.96. The fourth-order valence-electron chi connectivity index (χ4n) is 0.641. The minimum atomic E-state index is -1.08. The number of aromatic nitrogens is 6. The molecule has 0 unspecified atom stereocenters. The van der Waals surface area contributed by atoms with Crippen LogP contribution < -0.4 is 30.6 Å². The Bertz CT molecular complexity index is 412. The zero-order valence-electron chi connectivity index (χ0n) is 10.3. The van der Waals surface area contributed by atoms with Gasteiger partial charge in [-0.25, -0.2) is 29.9 Å². The van der Waals surface area contributed by atoms with Crippen molar-refractivity contribution < 1.29 is 30.6 Å². The minimum absolute atomic E-state index is 0. The molecule has 2 aromatic heterocycles. The summed E-state index contributed by atoms with van der Waals surface area (Å²) in [6.45, 7) is 0. The van der Waals surface area contributed by atoms with Gasteiger partial charge in [0.25, 0.3) is 0 Å². The Morgan fingerprint density at radius 2 is 0.429 bits per heavy atom. The van der Waals surface area contributed by atoms with E-state index < -0.39 is 36.1 Å². The van der Waals surface area contributed by atoms with Crippen LogP contribution in [0.5, 0.6) is 36.1 Å². The fraction of sp³-hybridized carbons (Fsp3) is 0. The van der Waals surface area contributed by atoms with Crippen molar-refractivity contribution in [2.75, 3.05) is 0 Å². The van der Waals surface area contributed by atoms with E-state index in [9.17, 15) is 30.6 Å². The van der Waals surface area contributed by atoms with Gasteiger partial charge >= 0.3 is 113 Å². The Balaban J connectivity index is -0.000000270. The summed E-state index contributed by atoms with van der Waals surface area (Å²) in [7, 11) is 0. The Hall–Kier alpha value is 0.599. The van der Waals surface area contributed by atoms with Gasteiger partial charge in [-0.3, -0.25) is 0 Å². The van der Waals surface area contributed by atoms with Gasteiger partial charge in [-0.15, -0.1) is 0 Å². The molecule has 12 nitrogen and oxygen atoms in total. The smallest absolute Gasteiger partial charge is 0.844 e. The zero-order chi connectivity index (χ0) is 13.7. The van der Waals surface area contributed by atoms with Crippen molar-refractivity contribution in [3.05, 3.63) is 0 Å². The van der Waals surface area contributed by atoms with Gasteiger partial charge in [0.05, 0.1) is 36.1 Å². The third kappa shape index (κ3) is 11.8. The predicted molar refractivity (Wildman–Crippen MR) is 53.6 cm³/mol. The van der Waals surface area contributed by atoms with Crippen molar-refractivity contribution in [3.63, 3.8) is 0 Å². The van der Waals surface area contributed by atoms with Gasteiger partial charge < -0.3 is 30.6 Å². The van der Waals surface area contributed by atoms with Crippen molar-refractivity contribution in [2.24, 2.45) is 0 Å². The van der Waals surface area contributed by atoms with E-state index in [4.69, 9.17) is 0 Å². The second kappa shape index (κ2) is 13.1. The molecule has 0 radical (unpaired) electrons. The molecule has 0 bridgehead atoms. The molecular formula is C6Ca3N6O6. The average Bonchev–Trinajstić information content (AvgIpc) is 2.12. The van der Waals surface area contributed by atoms with Gasteiger partial charge in [-0.1, -0.05) is 0 Å². The Morgan fingerprint density at radius 1 is 0.333 bits per heavy atom. The first-order chi connectivity index (χ1) is 8.36. The topological polar surface area (TPSA) is 216 Å². The molecule has 96 valence electrons. The molecule has 0 saturated heterocycles. The molecule has 0 spiro atoms. The number of hydrogen-bond acceptors (Lipinski definition) is 12. The average molecular weight is 372 g/mol. The molecular weight excluding hydrogens is 372 g/mol. The van der Waals surface area contributed by atoms with E-state index in [2.05, 4.69) is 29.9 Å². The van der Waals surface area contributed by atoms with E-state index in [1.165, 1.54) is 0 Å². The molecule has 0 fully saturated rings. The van der Waals surface area contributed by atoms with Crippen LogP contribution in [0.2, 0.25) is 0 Å². The fourth-order valence-corrected chi connectivity index (χ4v) is 0.641. The summed E-state index contributed by atoms with van der Waals surface area (Å²) >= 11 is 0. The molecule has 21 heavy (non-hydrogen) atoms. The van der Waals surface area contributed by atoms with Crippen molar-refractivity contribution in [2.45, 2.75) is 0 Å². The second-order valence-electron chi connectivity index (χ2n) is 2.37. The molecule has 2 rings (SSSR count). The third-order valence-corrected chi connectivity index (χ3v) is 1.15. The summed E-state index contributed by atoms with van der Waals surface area (Å²) in [5.41, 5.74) is 0. The van der Waals surface area contributed by atoms with Crippen LogP contribution in [0.1, 0.15) is 0 Å². The summed E-state index contributed by atoms with van der Waals surface area (Å²) in [6, 6.07) is -6.50. The molecule has 0 aliphatic carbocycles. The van der Waals surface area contributed by atoms with Gasteiger partial charge in [0.15, 0.2) is 0 Å². The van der Waals surface area contributed by atoms with E-state index in [-0.39, 0.29) is 113 Å². The maximum absolute atomic E-state index is 10.0. The van der Waals surface area contributed by atoms with Crippen molar-refractivity contribution in [3.8, 4) is 36.1 Å². The van der Waals surface area contributed by atoms with Gasteiger partial charge in [0.2, 0.25) is 0 Å². The number of nitrogens with zero attached hydrogens (tertiary/aromatic N) is 6. The van der Waals surface area contributed by atoms with Crippen LogP contribution in [0.15, 0.2) is 0 Å². The van der Waals surface area contributed by atoms with Crippen LogP contribution in [0, 0.1) is 0 Å². The van der Waals surface area contributed by atoms with E-state index in [1.807, 2.05) is 0 Å². The standard InChI is InChI=1S/2C3H3N3O3.3Ca/c2*7-1-4-2(8)6-3(9)5-1;;;/h2*(H3,4,5,6,7,8,9);;;/q;;3*+2/p-6. The van der Waals surface area contributed by atoms with Gasteiger partial charge in [0, 0.05) is 0 Å². The number of rotatable bonds is 0. The first-order valence-corrected chi connectivity index (χ1v) is 3.91. The molecule has 0 aliphatic heterocycles. The summed E-state index contributed by atoms with van der Waals surface area (Å²) < 4.78 is 0. The van der Waals surface area contributed by atoms with Crippen LogP contribution in [0.4, 0.5) is 0 Å². The van der Waals surface area contributed by atoms with E-state index in [0.29, 0.717) is 0 Å². The maximum atomic E-state index is 10.0. The van der Waals surface area contributed by atoms with Gasteiger partial charge in [-0.05, 0) is 0 Å². The number of hydrogen-bond donors (Lipinski definition) is 0. The molecule has 0 aromatic carbocycles. The molecule has 2 aromatic rings. The van der Waals surface area contributed by atoms with E-state index >= 15 is 0 Å². The Labute approximate surface area is 206 Å². The molecule has 0 aliphatic rings. The quantitative estimate of drug-likeness (QED) is 0.394. The van der Waals surface area contributed by atoms with Gasteiger partial charge in [-0.2, -0.15) is 0 Å². The third-order valence-electron chi connectivity index (χ3n) is 1.15. The summed E-state index contributed by atoms with van der Waals surface area (Å²) in [5, 5.41) is 60.3. The van der Waals surface area contributed by atoms with E-state index in [0.717, 1.165) is 0 Å². The molecule has 0 N–H and O–H groups in total. The molecule has 0 saturated carbocycles. The van der Waals surface area contributed by atoms with Crippen LogP contribution in [-0.2, 0) is 0 Å². The van der Waals surface area contributed by atoms with Gasteiger partial charge in [0.1, 0.15) is 0 Å². The first-order valence-electron chi connectivity index (χ1n) is 3.91. The maximum Gasteiger partial charge on any atom is 2.00 e. The second-order valence-corrected chi connectivity index (χ2v) is 2.37. The van der Waals surface area contributed by atoms with Crippen LogP contribution >= 0.6 is 0 Å². The summed E-state index contributed by atoms with van der Waals surface area (Å²) in [5.74, 6) is 0. The van der Waals surface area contributed by atoms with Crippen LogP contribution in [0.3, 0.4) is 0 Å². The zero-order valence-corrected chi connectivity index (χ0v) is 16.9. The Kier molecular flexibility index (Phi) is 16.5. The summed E-state index contributed by atoms with van der Waals surface area (Å²) in [4.78, 5) is 16.2. The molecule has 15 heteroatoms.